The van der Waals surface area contributed by atoms with Crippen molar-refractivity contribution in [3.05, 3.63) is 100 Å². The second kappa shape index (κ2) is 10.1. The van der Waals surface area contributed by atoms with Crippen LogP contribution in [0.3, 0.4) is 0 Å². The topological polar surface area (TPSA) is 99.4 Å². The van der Waals surface area contributed by atoms with Crippen LogP contribution >= 0.6 is 11.6 Å². The number of nitriles is 1. The molecule has 6 nitrogen and oxygen atoms in total. The predicted octanol–water partition coefficient (Wildman–Crippen LogP) is 5.16. The first-order valence-corrected chi connectivity index (χ1v) is 9.57. The van der Waals surface area contributed by atoms with Gasteiger partial charge in [0.15, 0.2) is 0 Å². The molecule has 0 saturated carbocycles. The van der Waals surface area contributed by atoms with Gasteiger partial charge in [0.05, 0.1) is 16.3 Å². The Balaban J connectivity index is 1.77. The molecule has 154 valence electrons. The van der Waals surface area contributed by atoms with Crippen molar-refractivity contribution in [2.24, 2.45) is 0 Å². The first kappa shape index (κ1) is 21.6. The predicted molar refractivity (Wildman–Crippen MR) is 118 cm³/mol. The van der Waals surface area contributed by atoms with Crippen molar-refractivity contribution < 1.29 is 19.4 Å². The third kappa shape index (κ3) is 5.72. The van der Waals surface area contributed by atoms with E-state index < -0.39 is 11.9 Å². The molecule has 3 rings (SSSR count). The number of benzene rings is 3. The second-order valence-electron chi connectivity index (χ2n) is 6.43. The first-order chi connectivity index (χ1) is 15.0. The minimum absolute atomic E-state index is 0.109. The number of nitrogens with one attached hydrogen (secondary N) is 1. The van der Waals surface area contributed by atoms with Crippen LogP contribution in [0.15, 0.2) is 78.4 Å². The number of para-hydroxylation sites is 2. The molecule has 1 amide bonds. The van der Waals surface area contributed by atoms with E-state index in [4.69, 9.17) is 21.4 Å². The Bertz CT molecular complexity index is 1180. The molecule has 0 spiro atoms. The molecule has 0 atom stereocenters. The van der Waals surface area contributed by atoms with Gasteiger partial charge in [-0.1, -0.05) is 54.1 Å². The summed E-state index contributed by atoms with van der Waals surface area (Å²) in [6.45, 7) is 0.193. The Morgan fingerprint density at radius 3 is 2.39 bits per heavy atom. The van der Waals surface area contributed by atoms with E-state index >= 15 is 0 Å². The quantitative estimate of drug-likeness (QED) is 0.396. The molecule has 2 N–H and O–H groups in total. The number of amides is 1. The van der Waals surface area contributed by atoms with Gasteiger partial charge in [0, 0.05) is 5.56 Å². The van der Waals surface area contributed by atoms with Gasteiger partial charge in [0.2, 0.25) is 0 Å². The van der Waals surface area contributed by atoms with Crippen LogP contribution < -0.4 is 10.1 Å². The smallest absolute Gasteiger partial charge is 0.335 e. The van der Waals surface area contributed by atoms with E-state index in [-0.39, 0.29) is 17.7 Å². The van der Waals surface area contributed by atoms with Gasteiger partial charge in [0.25, 0.3) is 5.91 Å². The summed E-state index contributed by atoms with van der Waals surface area (Å²) in [5.41, 5.74) is 1.82. The number of aromatic carboxylic acids is 1. The number of rotatable bonds is 7. The molecule has 0 aromatic heterocycles. The van der Waals surface area contributed by atoms with Gasteiger partial charge < -0.3 is 15.2 Å². The number of carbonyl (C=O) groups excluding carboxylic acids is 1. The van der Waals surface area contributed by atoms with Crippen LogP contribution in [0.25, 0.3) is 6.08 Å². The number of anilines is 1. The van der Waals surface area contributed by atoms with Crippen molar-refractivity contribution in [3.63, 3.8) is 0 Å². The molecular formula is C24H17ClN2O4. The zero-order valence-corrected chi connectivity index (χ0v) is 17.0. The first-order valence-electron chi connectivity index (χ1n) is 9.19. The van der Waals surface area contributed by atoms with Crippen LogP contribution in [-0.2, 0) is 11.4 Å². The molecule has 0 unspecified atom stereocenters. The summed E-state index contributed by atoms with van der Waals surface area (Å²) < 4.78 is 5.83. The second-order valence-corrected chi connectivity index (χ2v) is 6.84. The maximum Gasteiger partial charge on any atom is 0.335 e. The van der Waals surface area contributed by atoms with E-state index in [1.807, 2.05) is 6.07 Å². The summed E-state index contributed by atoms with van der Waals surface area (Å²) in [5, 5.41) is 21.4. The highest BCUT2D eigenvalue weighted by Crippen LogP contribution is 2.24. The highest BCUT2D eigenvalue weighted by molar-refractivity contribution is 6.34. The summed E-state index contributed by atoms with van der Waals surface area (Å²) >= 11 is 6.06. The summed E-state index contributed by atoms with van der Waals surface area (Å²) in [5.74, 6) is -1.11. The van der Waals surface area contributed by atoms with E-state index in [1.165, 1.54) is 18.2 Å². The van der Waals surface area contributed by atoms with Crippen molar-refractivity contribution in [2.45, 2.75) is 6.61 Å². The maximum atomic E-state index is 12.5. The number of carboxylic acids is 1. The van der Waals surface area contributed by atoms with Crippen LogP contribution in [0.5, 0.6) is 5.75 Å². The molecule has 3 aromatic rings. The molecule has 31 heavy (non-hydrogen) atoms. The molecule has 3 aromatic carbocycles. The molecule has 0 fully saturated rings. The number of hydrogen-bond acceptors (Lipinski definition) is 4. The molecule has 0 bridgehead atoms. The van der Waals surface area contributed by atoms with Gasteiger partial charge >= 0.3 is 5.97 Å². The third-order valence-corrected chi connectivity index (χ3v) is 4.63. The van der Waals surface area contributed by atoms with Crippen LogP contribution in [0.1, 0.15) is 21.5 Å². The zero-order chi connectivity index (χ0) is 22.2. The summed E-state index contributed by atoms with van der Waals surface area (Å²) in [7, 11) is 0. The van der Waals surface area contributed by atoms with Crippen LogP contribution in [0.4, 0.5) is 5.69 Å². The summed E-state index contributed by atoms with van der Waals surface area (Å²) in [6.07, 6.45) is 1.44. The number of ether oxygens (including phenoxy) is 1. The molecule has 0 radical (unpaired) electrons. The standard InChI is InChI=1S/C24H17ClN2O4/c25-20-6-2-3-7-21(20)27-23(28)19(14-26)13-18-5-1-4-8-22(18)31-15-16-9-11-17(12-10-16)24(29)30/h1-13H,15H2,(H,27,28)(H,29,30)/b19-13+. The summed E-state index contributed by atoms with van der Waals surface area (Å²) in [6, 6.07) is 22.0. The van der Waals surface area contributed by atoms with Gasteiger partial charge in [-0.15, -0.1) is 0 Å². The number of carboxylic acid groups (broad SMARTS) is 1. The van der Waals surface area contributed by atoms with Gasteiger partial charge in [0.1, 0.15) is 24.0 Å². The molecule has 0 aliphatic rings. The molecule has 7 heteroatoms. The normalized spacial score (nSPS) is 10.8. The monoisotopic (exact) mass is 432 g/mol. The van der Waals surface area contributed by atoms with Gasteiger partial charge in [-0.2, -0.15) is 5.26 Å². The van der Waals surface area contributed by atoms with Crippen molar-refractivity contribution in [2.75, 3.05) is 5.32 Å². The Labute approximate surface area is 184 Å². The van der Waals surface area contributed by atoms with Gasteiger partial charge in [-0.25, -0.2) is 4.79 Å². The highest BCUT2D eigenvalue weighted by Gasteiger charge is 2.13. The van der Waals surface area contributed by atoms with Crippen molar-refractivity contribution in [1.82, 2.24) is 0 Å². The van der Waals surface area contributed by atoms with Crippen LogP contribution in [0, 0.1) is 11.3 Å². The average Bonchev–Trinajstić information content (AvgIpc) is 2.78. The summed E-state index contributed by atoms with van der Waals surface area (Å²) in [4.78, 5) is 23.5. The van der Waals surface area contributed by atoms with E-state index in [0.29, 0.717) is 22.0 Å². The largest absolute Gasteiger partial charge is 0.488 e. The Kier molecular flexibility index (Phi) is 7.05. The lowest BCUT2D eigenvalue weighted by atomic mass is 10.1. The molecule has 0 heterocycles. The molecule has 0 aliphatic carbocycles. The Morgan fingerprint density at radius 1 is 1.03 bits per heavy atom. The molecule has 0 aliphatic heterocycles. The molecular weight excluding hydrogens is 416 g/mol. The van der Waals surface area contributed by atoms with Gasteiger partial charge in [-0.05, 0) is 42.0 Å². The lowest BCUT2D eigenvalue weighted by Crippen LogP contribution is -2.13. The van der Waals surface area contributed by atoms with Crippen LogP contribution in [0.2, 0.25) is 5.02 Å². The van der Waals surface area contributed by atoms with E-state index in [2.05, 4.69) is 5.32 Å². The highest BCUT2D eigenvalue weighted by atomic mass is 35.5. The number of carbonyl (C=O) groups is 2. The minimum Gasteiger partial charge on any atom is -0.488 e. The minimum atomic E-state index is -0.998. The Morgan fingerprint density at radius 2 is 1.71 bits per heavy atom. The average molecular weight is 433 g/mol. The maximum absolute atomic E-state index is 12.5. The molecule has 0 saturated heterocycles. The lowest BCUT2D eigenvalue weighted by molar-refractivity contribution is -0.112. The third-order valence-electron chi connectivity index (χ3n) is 4.30. The van der Waals surface area contributed by atoms with Crippen molar-refractivity contribution >= 4 is 35.2 Å². The number of nitrogens with zero attached hydrogens (tertiary/aromatic N) is 1. The van der Waals surface area contributed by atoms with Crippen LogP contribution in [-0.4, -0.2) is 17.0 Å². The SMILES string of the molecule is N#C/C(=C\c1ccccc1OCc1ccc(C(=O)O)cc1)C(=O)Nc1ccccc1Cl. The number of halogens is 1. The lowest BCUT2D eigenvalue weighted by Gasteiger charge is -2.10. The van der Waals surface area contributed by atoms with Crippen molar-refractivity contribution in [3.8, 4) is 11.8 Å². The fourth-order valence-corrected chi connectivity index (χ4v) is 2.88. The Hall–Kier alpha value is -4.08. The van der Waals surface area contributed by atoms with E-state index in [0.717, 1.165) is 5.56 Å². The number of hydrogen-bond donors (Lipinski definition) is 2. The van der Waals surface area contributed by atoms with Gasteiger partial charge in [-0.3, -0.25) is 4.79 Å². The van der Waals surface area contributed by atoms with E-state index in [1.54, 1.807) is 60.7 Å². The van der Waals surface area contributed by atoms with Crippen molar-refractivity contribution in [1.29, 1.82) is 5.26 Å². The fraction of sp³-hybridized carbons (Fsp3) is 0.0417. The van der Waals surface area contributed by atoms with E-state index in [9.17, 15) is 14.9 Å². The zero-order valence-electron chi connectivity index (χ0n) is 16.2. The fourth-order valence-electron chi connectivity index (χ4n) is 2.69.